The Balaban J connectivity index is 2.36. The van der Waals surface area contributed by atoms with Crippen molar-refractivity contribution in [3.05, 3.63) is 35.2 Å². The van der Waals surface area contributed by atoms with Crippen molar-refractivity contribution in [2.24, 2.45) is 5.73 Å². The summed E-state index contributed by atoms with van der Waals surface area (Å²) in [5.41, 5.74) is 5.01. The summed E-state index contributed by atoms with van der Waals surface area (Å²) in [5.74, 6) is 0. The van der Waals surface area contributed by atoms with Gasteiger partial charge in [0, 0.05) is 9.58 Å². The van der Waals surface area contributed by atoms with Crippen molar-refractivity contribution in [3.8, 4) is 0 Å². The van der Waals surface area contributed by atoms with Gasteiger partial charge in [-0.15, -0.1) is 11.3 Å². The lowest BCUT2D eigenvalue weighted by Gasteiger charge is -2.18. The van der Waals surface area contributed by atoms with Gasteiger partial charge in [-0.05, 0) is 24.4 Å². The van der Waals surface area contributed by atoms with E-state index >= 15 is 0 Å². The Bertz CT molecular complexity index is 490. The van der Waals surface area contributed by atoms with E-state index in [9.17, 15) is 10.0 Å². The van der Waals surface area contributed by atoms with E-state index in [2.05, 4.69) is 0 Å². The summed E-state index contributed by atoms with van der Waals surface area (Å²) in [6.07, 6.45) is 0. The van der Waals surface area contributed by atoms with E-state index in [0.717, 1.165) is 15.0 Å². The molecular formula is C11H12N2O2S. The fraction of sp³-hybridized carbons (Fsp3) is 0.182. The summed E-state index contributed by atoms with van der Waals surface area (Å²) >= 11 is 1.54. The maximum atomic E-state index is 10.8. The first-order chi connectivity index (χ1) is 7.59. The Morgan fingerprint density at radius 2 is 2.19 bits per heavy atom. The van der Waals surface area contributed by atoms with Crippen LogP contribution in [0.25, 0.3) is 10.1 Å². The molecule has 2 aromatic rings. The summed E-state index contributed by atoms with van der Waals surface area (Å²) in [7, 11) is 0. The third-order valence-electron chi connectivity index (χ3n) is 2.45. The van der Waals surface area contributed by atoms with Gasteiger partial charge in [0.2, 0.25) is 0 Å². The highest BCUT2D eigenvalue weighted by Gasteiger charge is 2.18. The van der Waals surface area contributed by atoms with Crippen LogP contribution in [0.5, 0.6) is 0 Å². The first-order valence-corrected chi connectivity index (χ1v) is 5.67. The second-order valence-corrected chi connectivity index (χ2v) is 4.66. The van der Waals surface area contributed by atoms with Gasteiger partial charge < -0.3 is 5.73 Å². The predicted octanol–water partition coefficient (Wildman–Crippen LogP) is 2.73. The molecule has 0 aliphatic carbocycles. The molecule has 16 heavy (non-hydrogen) atoms. The molecule has 0 unspecified atom stereocenters. The van der Waals surface area contributed by atoms with Crippen LogP contribution < -0.4 is 5.73 Å². The van der Waals surface area contributed by atoms with Crippen LogP contribution in [-0.4, -0.2) is 16.3 Å². The summed E-state index contributed by atoms with van der Waals surface area (Å²) in [6.45, 7) is 1.73. The standard InChI is InChI=1S/C11H12N2O2S/c1-7(13(15)11(12)14)10-6-8-4-2-3-5-9(8)16-10/h2-7,15H,1H3,(H2,12,14)/t7-/m1/s1. The Hall–Kier alpha value is -1.59. The van der Waals surface area contributed by atoms with E-state index < -0.39 is 12.1 Å². The van der Waals surface area contributed by atoms with Gasteiger partial charge in [0.05, 0.1) is 6.04 Å². The van der Waals surface area contributed by atoms with Crippen LogP contribution in [0.4, 0.5) is 4.79 Å². The molecule has 5 heteroatoms. The van der Waals surface area contributed by atoms with Gasteiger partial charge in [-0.25, -0.2) is 4.79 Å². The normalized spacial score (nSPS) is 12.6. The molecule has 4 nitrogen and oxygen atoms in total. The molecule has 0 bridgehead atoms. The van der Waals surface area contributed by atoms with Crippen LogP contribution in [0.3, 0.4) is 0 Å². The van der Waals surface area contributed by atoms with Crippen LogP contribution in [0.1, 0.15) is 17.8 Å². The van der Waals surface area contributed by atoms with Crippen LogP contribution >= 0.6 is 11.3 Å². The number of amides is 2. The molecule has 84 valence electrons. The molecule has 0 aliphatic heterocycles. The molecule has 0 radical (unpaired) electrons. The summed E-state index contributed by atoms with van der Waals surface area (Å²) in [5, 5.41) is 11.1. The van der Waals surface area contributed by atoms with Crippen LogP contribution in [0.15, 0.2) is 30.3 Å². The molecule has 1 atom stereocenters. The molecule has 0 aliphatic rings. The van der Waals surface area contributed by atoms with Crippen molar-refractivity contribution in [1.29, 1.82) is 0 Å². The SMILES string of the molecule is C[C@H](c1cc2ccccc2s1)N(O)C(N)=O. The first kappa shape index (κ1) is 10.9. The maximum absolute atomic E-state index is 10.8. The largest absolute Gasteiger partial charge is 0.350 e. The van der Waals surface area contributed by atoms with Crippen molar-refractivity contribution in [2.45, 2.75) is 13.0 Å². The lowest BCUT2D eigenvalue weighted by molar-refractivity contribution is -0.0700. The zero-order chi connectivity index (χ0) is 11.7. The maximum Gasteiger partial charge on any atom is 0.339 e. The number of urea groups is 1. The summed E-state index contributed by atoms with van der Waals surface area (Å²) in [4.78, 5) is 11.7. The number of carbonyl (C=O) groups excluding carboxylic acids is 1. The molecule has 0 spiro atoms. The monoisotopic (exact) mass is 236 g/mol. The molecule has 1 aromatic carbocycles. The molecule has 1 aromatic heterocycles. The lowest BCUT2D eigenvalue weighted by Crippen LogP contribution is -2.34. The summed E-state index contributed by atoms with van der Waals surface area (Å²) < 4.78 is 1.13. The van der Waals surface area contributed by atoms with Gasteiger partial charge in [-0.1, -0.05) is 18.2 Å². The molecule has 2 rings (SSSR count). The Morgan fingerprint density at radius 3 is 2.81 bits per heavy atom. The number of nitrogens with zero attached hydrogens (tertiary/aromatic N) is 1. The second-order valence-electron chi connectivity index (χ2n) is 3.55. The number of benzene rings is 1. The predicted molar refractivity (Wildman–Crippen MR) is 63.4 cm³/mol. The van der Waals surface area contributed by atoms with E-state index in [4.69, 9.17) is 5.73 Å². The van der Waals surface area contributed by atoms with Crippen molar-refractivity contribution < 1.29 is 10.0 Å². The number of nitrogens with two attached hydrogens (primary N) is 1. The zero-order valence-corrected chi connectivity index (χ0v) is 9.57. The van der Waals surface area contributed by atoms with Crippen LogP contribution in [-0.2, 0) is 0 Å². The lowest BCUT2D eigenvalue weighted by atomic mass is 10.2. The molecule has 1 heterocycles. The molecule has 0 fully saturated rings. The van der Waals surface area contributed by atoms with Gasteiger partial charge in [0.1, 0.15) is 0 Å². The molecule has 3 N–H and O–H groups in total. The van der Waals surface area contributed by atoms with Crippen molar-refractivity contribution >= 4 is 27.5 Å². The van der Waals surface area contributed by atoms with Crippen molar-refractivity contribution in [1.82, 2.24) is 5.06 Å². The van der Waals surface area contributed by atoms with E-state index in [1.165, 1.54) is 0 Å². The number of fused-ring (bicyclic) bond motifs is 1. The fourth-order valence-corrected chi connectivity index (χ4v) is 2.62. The topological polar surface area (TPSA) is 66.6 Å². The van der Waals surface area contributed by atoms with Crippen LogP contribution in [0, 0.1) is 0 Å². The number of rotatable bonds is 2. The Kier molecular flexibility index (Phi) is 2.80. The number of carbonyl (C=O) groups is 1. The highest BCUT2D eigenvalue weighted by Crippen LogP contribution is 2.31. The smallest absolute Gasteiger partial charge is 0.339 e. The number of hydrogen-bond acceptors (Lipinski definition) is 3. The van der Waals surface area contributed by atoms with Crippen molar-refractivity contribution in [3.63, 3.8) is 0 Å². The van der Waals surface area contributed by atoms with Gasteiger partial charge in [0.15, 0.2) is 0 Å². The number of thiophene rings is 1. The Morgan fingerprint density at radius 1 is 1.50 bits per heavy atom. The molecule has 0 saturated heterocycles. The Labute approximate surface area is 96.9 Å². The highest BCUT2D eigenvalue weighted by molar-refractivity contribution is 7.19. The van der Waals surface area contributed by atoms with Crippen LogP contribution in [0.2, 0.25) is 0 Å². The van der Waals surface area contributed by atoms with E-state index in [1.54, 1.807) is 18.3 Å². The summed E-state index contributed by atoms with van der Waals surface area (Å²) in [6, 6.07) is 8.60. The molecule has 0 saturated carbocycles. The number of hydrogen-bond donors (Lipinski definition) is 2. The van der Waals surface area contributed by atoms with E-state index in [-0.39, 0.29) is 0 Å². The minimum Gasteiger partial charge on any atom is -0.350 e. The first-order valence-electron chi connectivity index (χ1n) is 4.85. The van der Waals surface area contributed by atoms with Gasteiger partial charge in [-0.2, -0.15) is 5.06 Å². The highest BCUT2D eigenvalue weighted by atomic mass is 32.1. The number of hydroxylamine groups is 2. The van der Waals surface area contributed by atoms with Gasteiger partial charge >= 0.3 is 6.03 Å². The quantitative estimate of drug-likeness (QED) is 0.622. The average Bonchev–Trinajstić information content (AvgIpc) is 2.70. The van der Waals surface area contributed by atoms with E-state index in [1.807, 2.05) is 30.3 Å². The zero-order valence-electron chi connectivity index (χ0n) is 8.75. The minimum atomic E-state index is -0.843. The van der Waals surface area contributed by atoms with Gasteiger partial charge in [-0.3, -0.25) is 5.21 Å². The van der Waals surface area contributed by atoms with Crippen molar-refractivity contribution in [2.75, 3.05) is 0 Å². The second kappa shape index (κ2) is 4.11. The third kappa shape index (κ3) is 1.87. The third-order valence-corrected chi connectivity index (χ3v) is 3.74. The molecule has 2 amide bonds. The molecular weight excluding hydrogens is 224 g/mol. The fourth-order valence-electron chi connectivity index (χ4n) is 1.52. The minimum absolute atomic E-state index is 0.421. The van der Waals surface area contributed by atoms with Gasteiger partial charge in [0.25, 0.3) is 0 Å². The van der Waals surface area contributed by atoms with E-state index in [0.29, 0.717) is 5.06 Å². The average molecular weight is 236 g/mol. The number of primary amides is 1.